The van der Waals surface area contributed by atoms with Crippen molar-refractivity contribution in [1.29, 1.82) is 0 Å². The van der Waals surface area contributed by atoms with Gasteiger partial charge in [0.15, 0.2) is 0 Å². The smallest absolute Gasteiger partial charge is 0.0279 e. The maximum absolute atomic E-state index is 2.30. The normalized spacial score (nSPS) is 10.9. The second-order valence-corrected chi connectivity index (χ2v) is 3.61. The Bertz CT molecular complexity index is 246. The Kier molecular flexibility index (Phi) is 5.81. The maximum atomic E-state index is 2.30. The molecule has 14 heavy (non-hydrogen) atoms. The van der Waals surface area contributed by atoms with E-state index in [2.05, 4.69) is 49.4 Å². The molecule has 0 saturated heterocycles. The lowest BCUT2D eigenvalue weighted by Gasteiger charge is -1.99. The van der Waals surface area contributed by atoms with Crippen LogP contribution in [-0.2, 0) is 6.42 Å². The van der Waals surface area contributed by atoms with Crippen LogP contribution in [0.4, 0.5) is 0 Å². The van der Waals surface area contributed by atoms with E-state index >= 15 is 0 Å². The highest BCUT2D eigenvalue weighted by atomic mass is 14.0. The zero-order valence-corrected chi connectivity index (χ0v) is 9.08. The minimum atomic E-state index is 1.17. The molecule has 0 aliphatic carbocycles. The molecule has 0 aliphatic heterocycles. The van der Waals surface area contributed by atoms with Crippen molar-refractivity contribution in [3.8, 4) is 0 Å². The minimum Gasteiger partial charge on any atom is -0.0888 e. The van der Waals surface area contributed by atoms with Crippen LogP contribution in [0.15, 0.2) is 42.5 Å². The third-order valence-corrected chi connectivity index (χ3v) is 2.33. The Morgan fingerprint density at radius 1 is 1.00 bits per heavy atom. The van der Waals surface area contributed by atoms with Crippen molar-refractivity contribution in [1.82, 2.24) is 0 Å². The van der Waals surface area contributed by atoms with Gasteiger partial charge in [-0.2, -0.15) is 0 Å². The summed E-state index contributed by atoms with van der Waals surface area (Å²) in [6, 6.07) is 10.7. The number of hydrogen-bond donors (Lipinski definition) is 0. The first-order valence-corrected chi connectivity index (χ1v) is 5.62. The van der Waals surface area contributed by atoms with Crippen molar-refractivity contribution in [2.45, 2.75) is 39.0 Å². The highest BCUT2D eigenvalue weighted by Crippen LogP contribution is 2.06. The number of allylic oxidation sites excluding steroid dienone is 2. The molecule has 1 aromatic rings. The van der Waals surface area contributed by atoms with Crippen molar-refractivity contribution in [2.24, 2.45) is 0 Å². The molecule has 0 nitrogen and oxygen atoms in total. The largest absolute Gasteiger partial charge is 0.0888 e. The molecule has 0 spiro atoms. The molecule has 0 radical (unpaired) electrons. The van der Waals surface area contributed by atoms with Crippen LogP contribution in [0.25, 0.3) is 0 Å². The molecule has 0 unspecified atom stereocenters. The summed E-state index contributed by atoms with van der Waals surface area (Å²) in [4.78, 5) is 0. The van der Waals surface area contributed by atoms with Gasteiger partial charge in [0, 0.05) is 0 Å². The molecule has 0 heterocycles. The van der Waals surface area contributed by atoms with Gasteiger partial charge in [-0.05, 0) is 37.7 Å². The summed E-state index contributed by atoms with van der Waals surface area (Å²) in [6.07, 6.45) is 10.8. The molecule has 0 heteroatoms. The standard InChI is InChI=1S/C14H20/c1-2-3-4-5-6-8-11-14-12-9-7-10-13-14/h3-4,7,9-10,12-13H,2,5-6,8,11H2,1H3/b4-3+. The Balaban J connectivity index is 2.07. The van der Waals surface area contributed by atoms with Gasteiger partial charge in [0.1, 0.15) is 0 Å². The van der Waals surface area contributed by atoms with Gasteiger partial charge in [0.2, 0.25) is 0 Å². The first-order chi connectivity index (χ1) is 6.93. The van der Waals surface area contributed by atoms with Gasteiger partial charge in [-0.15, -0.1) is 0 Å². The Hall–Kier alpha value is -1.04. The van der Waals surface area contributed by atoms with Crippen LogP contribution in [-0.4, -0.2) is 0 Å². The summed E-state index contributed by atoms with van der Waals surface area (Å²) in [6.45, 7) is 2.18. The first kappa shape index (κ1) is 11.0. The SMILES string of the molecule is CC/C=C/CCCCc1ccccc1. The summed E-state index contributed by atoms with van der Waals surface area (Å²) in [5, 5.41) is 0. The predicted octanol–water partition coefficient (Wildman–Crippen LogP) is 4.37. The number of aryl methyl sites for hydroxylation is 1. The lowest BCUT2D eigenvalue weighted by Crippen LogP contribution is -1.83. The molecule has 0 aliphatic rings. The Morgan fingerprint density at radius 3 is 2.50 bits per heavy atom. The van der Waals surface area contributed by atoms with E-state index < -0.39 is 0 Å². The van der Waals surface area contributed by atoms with Gasteiger partial charge < -0.3 is 0 Å². The average molecular weight is 188 g/mol. The molecule has 1 rings (SSSR count). The van der Waals surface area contributed by atoms with E-state index in [1.54, 1.807) is 0 Å². The van der Waals surface area contributed by atoms with Crippen molar-refractivity contribution in [3.63, 3.8) is 0 Å². The highest BCUT2D eigenvalue weighted by Gasteiger charge is 1.90. The number of unbranched alkanes of at least 4 members (excludes halogenated alkanes) is 2. The molecule has 0 N–H and O–H groups in total. The summed E-state index contributed by atoms with van der Waals surface area (Å²) in [5.41, 5.74) is 1.46. The number of rotatable bonds is 6. The van der Waals surface area contributed by atoms with Gasteiger partial charge in [-0.3, -0.25) is 0 Å². The number of benzene rings is 1. The van der Waals surface area contributed by atoms with Crippen molar-refractivity contribution in [3.05, 3.63) is 48.0 Å². The van der Waals surface area contributed by atoms with E-state index in [4.69, 9.17) is 0 Å². The van der Waals surface area contributed by atoms with Crippen molar-refractivity contribution < 1.29 is 0 Å². The fourth-order valence-electron chi connectivity index (χ4n) is 1.52. The van der Waals surface area contributed by atoms with Crippen LogP contribution in [0.3, 0.4) is 0 Å². The van der Waals surface area contributed by atoms with Crippen molar-refractivity contribution >= 4 is 0 Å². The third-order valence-electron chi connectivity index (χ3n) is 2.33. The molecule has 0 aromatic heterocycles. The lowest BCUT2D eigenvalue weighted by molar-refractivity contribution is 0.746. The van der Waals surface area contributed by atoms with Crippen LogP contribution in [0.5, 0.6) is 0 Å². The van der Waals surface area contributed by atoms with Gasteiger partial charge >= 0.3 is 0 Å². The summed E-state index contributed by atoms with van der Waals surface area (Å²) < 4.78 is 0. The van der Waals surface area contributed by atoms with Gasteiger partial charge in [-0.1, -0.05) is 49.4 Å². The monoisotopic (exact) mass is 188 g/mol. The van der Waals surface area contributed by atoms with E-state index in [0.29, 0.717) is 0 Å². The first-order valence-electron chi connectivity index (χ1n) is 5.62. The van der Waals surface area contributed by atoms with E-state index in [0.717, 1.165) is 0 Å². The molecule has 76 valence electrons. The van der Waals surface area contributed by atoms with Crippen LogP contribution < -0.4 is 0 Å². The number of hydrogen-bond acceptors (Lipinski definition) is 0. The van der Waals surface area contributed by atoms with Crippen LogP contribution >= 0.6 is 0 Å². The predicted molar refractivity (Wildman–Crippen MR) is 63.4 cm³/mol. The van der Waals surface area contributed by atoms with E-state index in [9.17, 15) is 0 Å². The fourth-order valence-corrected chi connectivity index (χ4v) is 1.52. The molecule has 0 saturated carbocycles. The van der Waals surface area contributed by atoms with E-state index in [1.807, 2.05) is 0 Å². The summed E-state index contributed by atoms with van der Waals surface area (Å²) in [5.74, 6) is 0. The second-order valence-electron chi connectivity index (χ2n) is 3.61. The Labute approximate surface area is 87.7 Å². The van der Waals surface area contributed by atoms with Crippen LogP contribution in [0.2, 0.25) is 0 Å². The zero-order valence-electron chi connectivity index (χ0n) is 9.08. The molecule has 1 aromatic carbocycles. The summed E-state index contributed by atoms with van der Waals surface area (Å²) >= 11 is 0. The molecular formula is C14H20. The average Bonchev–Trinajstić information content (AvgIpc) is 2.25. The minimum absolute atomic E-state index is 1.17. The fraction of sp³-hybridized carbons (Fsp3) is 0.429. The Morgan fingerprint density at radius 2 is 1.79 bits per heavy atom. The van der Waals surface area contributed by atoms with Gasteiger partial charge in [0.25, 0.3) is 0 Å². The topological polar surface area (TPSA) is 0 Å². The lowest BCUT2D eigenvalue weighted by atomic mass is 10.1. The van der Waals surface area contributed by atoms with E-state index in [1.165, 1.54) is 37.7 Å². The quantitative estimate of drug-likeness (QED) is 0.459. The van der Waals surface area contributed by atoms with Crippen LogP contribution in [0.1, 0.15) is 38.2 Å². The molecule has 0 atom stereocenters. The van der Waals surface area contributed by atoms with E-state index in [-0.39, 0.29) is 0 Å². The van der Waals surface area contributed by atoms with Crippen molar-refractivity contribution in [2.75, 3.05) is 0 Å². The maximum Gasteiger partial charge on any atom is -0.0279 e. The molecule has 0 bridgehead atoms. The zero-order chi connectivity index (χ0) is 10.1. The molecular weight excluding hydrogens is 168 g/mol. The molecule has 0 fully saturated rings. The third kappa shape index (κ3) is 4.86. The van der Waals surface area contributed by atoms with Gasteiger partial charge in [-0.25, -0.2) is 0 Å². The molecule has 0 amide bonds. The summed E-state index contributed by atoms with van der Waals surface area (Å²) in [7, 11) is 0. The van der Waals surface area contributed by atoms with Gasteiger partial charge in [0.05, 0.1) is 0 Å². The highest BCUT2D eigenvalue weighted by molar-refractivity contribution is 5.14. The van der Waals surface area contributed by atoms with Crippen LogP contribution in [0, 0.1) is 0 Å². The second kappa shape index (κ2) is 7.37.